The van der Waals surface area contributed by atoms with Gasteiger partial charge in [-0.1, -0.05) is 18.2 Å². The van der Waals surface area contributed by atoms with Crippen LogP contribution in [0.25, 0.3) is 0 Å². The number of anilines is 1. The lowest BCUT2D eigenvalue weighted by Crippen LogP contribution is -2.12. The van der Waals surface area contributed by atoms with Crippen molar-refractivity contribution in [2.75, 3.05) is 5.32 Å². The molecule has 96 valence electrons. The van der Waals surface area contributed by atoms with Crippen molar-refractivity contribution in [3.8, 4) is 0 Å². The summed E-state index contributed by atoms with van der Waals surface area (Å²) in [5.74, 6) is -0.175. The van der Waals surface area contributed by atoms with E-state index in [-0.39, 0.29) is 5.91 Å². The lowest BCUT2D eigenvalue weighted by atomic mass is 10.1. The van der Waals surface area contributed by atoms with Crippen molar-refractivity contribution in [2.24, 2.45) is 0 Å². The second-order valence-electron chi connectivity index (χ2n) is 4.50. The van der Waals surface area contributed by atoms with Crippen molar-refractivity contribution < 1.29 is 9.59 Å². The first kappa shape index (κ1) is 13.0. The SMILES string of the molecule is Cc1ccc(C(=O)Nc2cccc(C=O)c2)cc1C. The molecule has 2 aromatic rings. The molecule has 1 N–H and O–H groups in total. The van der Waals surface area contributed by atoms with E-state index < -0.39 is 0 Å². The molecule has 0 saturated heterocycles. The van der Waals surface area contributed by atoms with Crippen molar-refractivity contribution in [2.45, 2.75) is 13.8 Å². The first-order valence-corrected chi connectivity index (χ1v) is 6.04. The van der Waals surface area contributed by atoms with Crippen LogP contribution in [0.5, 0.6) is 0 Å². The number of amides is 1. The van der Waals surface area contributed by atoms with Gasteiger partial charge in [0, 0.05) is 16.8 Å². The average Bonchev–Trinajstić information content (AvgIpc) is 2.42. The van der Waals surface area contributed by atoms with E-state index in [1.54, 1.807) is 30.3 Å². The van der Waals surface area contributed by atoms with Crippen LogP contribution in [-0.2, 0) is 0 Å². The molecule has 0 unspecified atom stereocenters. The quantitative estimate of drug-likeness (QED) is 0.852. The number of hydrogen-bond donors (Lipinski definition) is 1. The highest BCUT2D eigenvalue weighted by molar-refractivity contribution is 6.04. The summed E-state index contributed by atoms with van der Waals surface area (Å²) >= 11 is 0. The van der Waals surface area contributed by atoms with Crippen molar-refractivity contribution in [3.05, 3.63) is 64.7 Å². The Labute approximate surface area is 112 Å². The zero-order valence-corrected chi connectivity index (χ0v) is 10.9. The first-order valence-electron chi connectivity index (χ1n) is 6.04. The van der Waals surface area contributed by atoms with Gasteiger partial charge in [-0.05, 0) is 49.2 Å². The molecule has 0 heterocycles. The third-order valence-corrected chi connectivity index (χ3v) is 3.05. The van der Waals surface area contributed by atoms with Gasteiger partial charge in [0.25, 0.3) is 5.91 Å². The average molecular weight is 253 g/mol. The van der Waals surface area contributed by atoms with Crippen LogP contribution in [-0.4, -0.2) is 12.2 Å². The predicted molar refractivity (Wildman–Crippen MR) is 75.7 cm³/mol. The van der Waals surface area contributed by atoms with Gasteiger partial charge in [-0.3, -0.25) is 9.59 Å². The molecule has 0 radical (unpaired) electrons. The third kappa shape index (κ3) is 3.07. The summed E-state index contributed by atoms with van der Waals surface area (Å²) in [6.07, 6.45) is 0.756. The lowest BCUT2D eigenvalue weighted by molar-refractivity contribution is 0.102. The largest absolute Gasteiger partial charge is 0.322 e. The highest BCUT2D eigenvalue weighted by atomic mass is 16.1. The number of aldehydes is 1. The maximum absolute atomic E-state index is 12.1. The highest BCUT2D eigenvalue weighted by Crippen LogP contribution is 2.14. The van der Waals surface area contributed by atoms with E-state index in [0.717, 1.165) is 17.4 Å². The summed E-state index contributed by atoms with van der Waals surface area (Å²) in [5, 5.41) is 2.78. The Balaban J connectivity index is 2.20. The van der Waals surface area contributed by atoms with Crippen LogP contribution in [0.4, 0.5) is 5.69 Å². The number of carbonyl (C=O) groups excluding carboxylic acids is 2. The van der Waals surface area contributed by atoms with Gasteiger partial charge >= 0.3 is 0 Å². The zero-order chi connectivity index (χ0) is 13.8. The van der Waals surface area contributed by atoms with Gasteiger partial charge in [0.05, 0.1) is 0 Å². The molecule has 0 aliphatic rings. The van der Waals surface area contributed by atoms with Gasteiger partial charge in [-0.2, -0.15) is 0 Å². The van der Waals surface area contributed by atoms with E-state index in [2.05, 4.69) is 5.32 Å². The molecule has 0 fully saturated rings. The van der Waals surface area contributed by atoms with E-state index in [9.17, 15) is 9.59 Å². The normalized spacial score (nSPS) is 10.0. The van der Waals surface area contributed by atoms with E-state index in [0.29, 0.717) is 16.8 Å². The van der Waals surface area contributed by atoms with Gasteiger partial charge in [0.15, 0.2) is 0 Å². The monoisotopic (exact) mass is 253 g/mol. The van der Waals surface area contributed by atoms with E-state index >= 15 is 0 Å². The number of hydrogen-bond acceptors (Lipinski definition) is 2. The summed E-state index contributed by atoms with van der Waals surface area (Å²) in [7, 11) is 0. The maximum atomic E-state index is 12.1. The predicted octanol–water partition coefficient (Wildman–Crippen LogP) is 3.37. The van der Waals surface area contributed by atoms with Gasteiger partial charge in [0.2, 0.25) is 0 Å². The summed E-state index contributed by atoms with van der Waals surface area (Å²) in [6, 6.07) is 12.4. The molecule has 19 heavy (non-hydrogen) atoms. The van der Waals surface area contributed by atoms with E-state index in [1.807, 2.05) is 26.0 Å². The van der Waals surface area contributed by atoms with Crippen LogP contribution >= 0.6 is 0 Å². The molecule has 2 rings (SSSR count). The van der Waals surface area contributed by atoms with Crippen LogP contribution in [0, 0.1) is 13.8 Å². The Bertz CT molecular complexity index is 632. The molecule has 0 aliphatic heterocycles. The fourth-order valence-corrected chi connectivity index (χ4v) is 1.78. The first-order chi connectivity index (χ1) is 9.10. The van der Waals surface area contributed by atoms with Crippen LogP contribution in [0.1, 0.15) is 31.8 Å². The van der Waals surface area contributed by atoms with Crippen LogP contribution in [0.3, 0.4) is 0 Å². The van der Waals surface area contributed by atoms with E-state index in [4.69, 9.17) is 0 Å². The Morgan fingerprint density at radius 1 is 1.05 bits per heavy atom. The topological polar surface area (TPSA) is 46.2 Å². The molecule has 3 heteroatoms. The van der Waals surface area contributed by atoms with Crippen LogP contribution in [0.15, 0.2) is 42.5 Å². The molecule has 3 nitrogen and oxygen atoms in total. The molecular formula is C16H15NO2. The minimum atomic E-state index is -0.175. The number of rotatable bonds is 3. The van der Waals surface area contributed by atoms with Gasteiger partial charge in [0.1, 0.15) is 6.29 Å². The van der Waals surface area contributed by atoms with E-state index in [1.165, 1.54) is 0 Å². The second-order valence-corrected chi connectivity index (χ2v) is 4.50. The van der Waals surface area contributed by atoms with Gasteiger partial charge in [-0.15, -0.1) is 0 Å². The standard InChI is InChI=1S/C16H15NO2/c1-11-6-7-14(8-12(11)2)16(19)17-15-5-3-4-13(9-15)10-18/h3-10H,1-2H3,(H,17,19). The number of carbonyl (C=O) groups is 2. The van der Waals surface area contributed by atoms with Crippen molar-refractivity contribution in [1.82, 2.24) is 0 Å². The lowest BCUT2D eigenvalue weighted by Gasteiger charge is -2.07. The Hall–Kier alpha value is -2.42. The summed E-state index contributed by atoms with van der Waals surface area (Å²) in [6.45, 7) is 3.98. The Kier molecular flexibility index (Phi) is 3.76. The van der Waals surface area contributed by atoms with Crippen molar-refractivity contribution in [3.63, 3.8) is 0 Å². The molecule has 0 aromatic heterocycles. The Morgan fingerprint density at radius 2 is 1.84 bits per heavy atom. The molecule has 0 saturated carbocycles. The smallest absolute Gasteiger partial charge is 0.255 e. The van der Waals surface area contributed by atoms with Crippen LogP contribution < -0.4 is 5.32 Å². The van der Waals surface area contributed by atoms with Crippen molar-refractivity contribution >= 4 is 17.9 Å². The number of benzene rings is 2. The fraction of sp³-hybridized carbons (Fsp3) is 0.125. The fourth-order valence-electron chi connectivity index (χ4n) is 1.78. The Morgan fingerprint density at radius 3 is 2.53 bits per heavy atom. The maximum Gasteiger partial charge on any atom is 0.255 e. The highest BCUT2D eigenvalue weighted by Gasteiger charge is 2.07. The molecule has 1 amide bonds. The zero-order valence-electron chi connectivity index (χ0n) is 10.9. The minimum Gasteiger partial charge on any atom is -0.322 e. The molecule has 0 spiro atoms. The molecular weight excluding hydrogens is 238 g/mol. The third-order valence-electron chi connectivity index (χ3n) is 3.05. The summed E-state index contributed by atoms with van der Waals surface area (Å²) in [5.41, 5.74) is 4.00. The van der Waals surface area contributed by atoms with Crippen LogP contribution in [0.2, 0.25) is 0 Å². The number of nitrogens with one attached hydrogen (secondary N) is 1. The number of aryl methyl sites for hydroxylation is 2. The molecule has 0 bridgehead atoms. The van der Waals surface area contributed by atoms with Gasteiger partial charge < -0.3 is 5.32 Å². The second kappa shape index (κ2) is 5.48. The molecule has 2 aromatic carbocycles. The van der Waals surface area contributed by atoms with Crippen molar-refractivity contribution in [1.29, 1.82) is 0 Å². The van der Waals surface area contributed by atoms with Gasteiger partial charge in [-0.25, -0.2) is 0 Å². The molecule has 0 aliphatic carbocycles. The molecule has 0 atom stereocenters. The summed E-state index contributed by atoms with van der Waals surface area (Å²) in [4.78, 5) is 22.8. The minimum absolute atomic E-state index is 0.175. The summed E-state index contributed by atoms with van der Waals surface area (Å²) < 4.78 is 0.